The lowest BCUT2D eigenvalue weighted by Gasteiger charge is -2.00. The number of amides is 1. The van der Waals surface area contributed by atoms with E-state index in [1.165, 1.54) is 6.07 Å². The molecule has 22 heavy (non-hydrogen) atoms. The van der Waals surface area contributed by atoms with Crippen molar-refractivity contribution in [2.75, 3.05) is 5.32 Å². The van der Waals surface area contributed by atoms with Gasteiger partial charge in [-0.05, 0) is 24.3 Å². The van der Waals surface area contributed by atoms with E-state index in [-0.39, 0.29) is 11.9 Å². The highest BCUT2D eigenvalue weighted by Crippen LogP contribution is 2.17. The van der Waals surface area contributed by atoms with E-state index in [1.807, 2.05) is 6.07 Å². The van der Waals surface area contributed by atoms with Crippen LogP contribution in [0.1, 0.15) is 15.9 Å². The van der Waals surface area contributed by atoms with Crippen LogP contribution in [-0.2, 0) is 7.05 Å². The van der Waals surface area contributed by atoms with Crippen LogP contribution >= 0.6 is 0 Å². The number of nitriles is 1. The van der Waals surface area contributed by atoms with Crippen LogP contribution < -0.4 is 5.32 Å². The van der Waals surface area contributed by atoms with Gasteiger partial charge in [0.15, 0.2) is 0 Å². The molecule has 8 heteroatoms. The number of benzene rings is 1. The van der Waals surface area contributed by atoms with Gasteiger partial charge < -0.3 is 4.42 Å². The molecule has 0 aliphatic carbocycles. The zero-order valence-electron chi connectivity index (χ0n) is 11.5. The second-order valence-corrected chi connectivity index (χ2v) is 4.43. The molecule has 0 saturated carbocycles. The normalized spacial score (nSPS) is 10.2. The SMILES string of the molecule is Cn1ccc(-c2nnc(NC(=O)c3cccc(C#N)c3)o2)n1. The van der Waals surface area contributed by atoms with Crippen molar-refractivity contribution in [3.05, 3.63) is 47.7 Å². The Morgan fingerprint density at radius 2 is 2.23 bits per heavy atom. The van der Waals surface area contributed by atoms with Gasteiger partial charge in [0, 0.05) is 18.8 Å². The Morgan fingerprint density at radius 3 is 2.95 bits per heavy atom. The molecule has 0 saturated heterocycles. The van der Waals surface area contributed by atoms with Crippen molar-refractivity contribution in [2.24, 2.45) is 7.05 Å². The monoisotopic (exact) mass is 294 g/mol. The van der Waals surface area contributed by atoms with Gasteiger partial charge in [-0.25, -0.2) is 0 Å². The molecule has 0 atom stereocenters. The highest BCUT2D eigenvalue weighted by atomic mass is 16.4. The number of nitrogens with zero attached hydrogens (tertiary/aromatic N) is 5. The first-order chi connectivity index (χ1) is 10.7. The van der Waals surface area contributed by atoms with Crippen LogP contribution in [0.15, 0.2) is 40.9 Å². The lowest BCUT2D eigenvalue weighted by molar-refractivity contribution is 0.102. The average Bonchev–Trinajstić information content (AvgIpc) is 3.16. The first-order valence-electron chi connectivity index (χ1n) is 6.31. The number of aromatic nitrogens is 4. The van der Waals surface area contributed by atoms with Crippen molar-refractivity contribution >= 4 is 11.9 Å². The number of carbonyl (C=O) groups is 1. The van der Waals surface area contributed by atoms with Crippen molar-refractivity contribution in [2.45, 2.75) is 0 Å². The standard InChI is InChI=1S/C14H10N6O2/c1-20-6-5-11(19-20)13-17-18-14(22-13)16-12(21)10-4-2-3-9(7-10)8-15/h2-7H,1H3,(H,16,18,21). The summed E-state index contributed by atoms with van der Waals surface area (Å²) in [5, 5.41) is 23.0. The number of aryl methyl sites for hydroxylation is 1. The zero-order valence-corrected chi connectivity index (χ0v) is 11.5. The molecular formula is C14H10N6O2. The number of rotatable bonds is 3. The highest BCUT2D eigenvalue weighted by molar-refractivity contribution is 6.03. The first-order valence-corrected chi connectivity index (χ1v) is 6.31. The van der Waals surface area contributed by atoms with Crippen LogP contribution in [0.4, 0.5) is 6.01 Å². The van der Waals surface area contributed by atoms with Gasteiger partial charge in [-0.3, -0.25) is 14.8 Å². The third-order valence-corrected chi connectivity index (χ3v) is 2.83. The fourth-order valence-electron chi connectivity index (χ4n) is 1.81. The largest absolute Gasteiger partial charge is 0.401 e. The topological polar surface area (TPSA) is 110 Å². The molecule has 108 valence electrons. The van der Waals surface area contributed by atoms with Gasteiger partial charge in [0.2, 0.25) is 0 Å². The van der Waals surface area contributed by atoms with E-state index in [0.717, 1.165) is 0 Å². The summed E-state index contributed by atoms with van der Waals surface area (Å²) in [6.45, 7) is 0. The van der Waals surface area contributed by atoms with E-state index < -0.39 is 5.91 Å². The van der Waals surface area contributed by atoms with Crippen LogP contribution in [0.2, 0.25) is 0 Å². The van der Waals surface area contributed by atoms with E-state index in [9.17, 15) is 4.79 Å². The Hall–Kier alpha value is -3.47. The number of carbonyl (C=O) groups excluding carboxylic acids is 1. The van der Waals surface area contributed by atoms with Gasteiger partial charge in [0.05, 0.1) is 11.6 Å². The third kappa shape index (κ3) is 2.69. The number of hydrogen-bond acceptors (Lipinski definition) is 6. The Balaban J connectivity index is 1.77. The molecule has 0 aliphatic heterocycles. The molecule has 0 unspecified atom stereocenters. The summed E-state index contributed by atoms with van der Waals surface area (Å²) in [6.07, 6.45) is 1.74. The molecular weight excluding hydrogens is 284 g/mol. The van der Waals surface area contributed by atoms with Gasteiger partial charge in [-0.2, -0.15) is 10.4 Å². The molecule has 1 amide bonds. The van der Waals surface area contributed by atoms with E-state index >= 15 is 0 Å². The van der Waals surface area contributed by atoms with Gasteiger partial charge in [-0.15, -0.1) is 5.10 Å². The zero-order chi connectivity index (χ0) is 15.5. The maximum atomic E-state index is 12.1. The van der Waals surface area contributed by atoms with E-state index in [0.29, 0.717) is 16.8 Å². The summed E-state index contributed by atoms with van der Waals surface area (Å²) in [7, 11) is 1.77. The van der Waals surface area contributed by atoms with E-state index in [2.05, 4.69) is 20.6 Å². The predicted octanol–water partition coefficient (Wildman–Crippen LogP) is 1.59. The molecule has 0 bridgehead atoms. The maximum absolute atomic E-state index is 12.1. The fraction of sp³-hybridized carbons (Fsp3) is 0.0714. The summed E-state index contributed by atoms with van der Waals surface area (Å²) in [5.41, 5.74) is 1.24. The minimum atomic E-state index is -0.437. The van der Waals surface area contributed by atoms with Crippen LogP contribution in [-0.4, -0.2) is 25.9 Å². The van der Waals surface area contributed by atoms with E-state index in [4.69, 9.17) is 9.68 Å². The number of anilines is 1. The molecule has 8 nitrogen and oxygen atoms in total. The van der Waals surface area contributed by atoms with Crippen molar-refractivity contribution in [1.29, 1.82) is 5.26 Å². The average molecular weight is 294 g/mol. The highest BCUT2D eigenvalue weighted by Gasteiger charge is 2.14. The van der Waals surface area contributed by atoms with Crippen LogP contribution in [0.3, 0.4) is 0 Å². The van der Waals surface area contributed by atoms with Crippen molar-refractivity contribution in [1.82, 2.24) is 20.0 Å². The number of hydrogen-bond donors (Lipinski definition) is 1. The molecule has 2 heterocycles. The quantitative estimate of drug-likeness (QED) is 0.785. The Kier molecular flexibility index (Phi) is 3.37. The molecule has 0 fully saturated rings. The summed E-state index contributed by atoms with van der Waals surface area (Å²) in [4.78, 5) is 12.1. The second-order valence-electron chi connectivity index (χ2n) is 4.43. The Morgan fingerprint density at radius 1 is 1.36 bits per heavy atom. The molecule has 3 rings (SSSR count). The molecule has 1 aromatic carbocycles. The summed E-state index contributed by atoms with van der Waals surface area (Å²) >= 11 is 0. The lowest BCUT2D eigenvalue weighted by atomic mass is 10.1. The first kappa shape index (κ1) is 13.5. The molecule has 3 aromatic rings. The fourth-order valence-corrected chi connectivity index (χ4v) is 1.81. The summed E-state index contributed by atoms with van der Waals surface area (Å²) < 4.78 is 6.94. The van der Waals surface area contributed by atoms with Crippen molar-refractivity contribution in [3.63, 3.8) is 0 Å². The van der Waals surface area contributed by atoms with Gasteiger partial charge in [0.1, 0.15) is 5.69 Å². The molecule has 0 aliphatic rings. The van der Waals surface area contributed by atoms with E-state index in [1.54, 1.807) is 42.2 Å². The van der Waals surface area contributed by atoms with Crippen LogP contribution in [0.5, 0.6) is 0 Å². The minimum absolute atomic E-state index is 0.0342. The Labute approximate surface area is 125 Å². The van der Waals surface area contributed by atoms with Gasteiger partial charge in [-0.1, -0.05) is 11.2 Å². The third-order valence-electron chi connectivity index (χ3n) is 2.83. The second kappa shape index (κ2) is 5.49. The van der Waals surface area contributed by atoms with Crippen molar-refractivity contribution in [3.8, 4) is 17.7 Å². The van der Waals surface area contributed by atoms with Crippen molar-refractivity contribution < 1.29 is 9.21 Å². The molecule has 0 spiro atoms. The summed E-state index contributed by atoms with van der Waals surface area (Å²) in [6, 6.07) is 9.96. The molecule has 1 N–H and O–H groups in total. The van der Waals surface area contributed by atoms with Gasteiger partial charge in [0.25, 0.3) is 11.8 Å². The molecule has 0 radical (unpaired) electrons. The predicted molar refractivity (Wildman–Crippen MR) is 75.6 cm³/mol. The van der Waals surface area contributed by atoms with Crippen LogP contribution in [0.25, 0.3) is 11.6 Å². The smallest absolute Gasteiger partial charge is 0.322 e. The minimum Gasteiger partial charge on any atom is -0.401 e. The van der Waals surface area contributed by atoms with Crippen LogP contribution in [0, 0.1) is 11.3 Å². The van der Waals surface area contributed by atoms with Gasteiger partial charge >= 0.3 is 6.01 Å². The molecule has 2 aromatic heterocycles. The Bertz CT molecular complexity index is 873. The lowest BCUT2D eigenvalue weighted by Crippen LogP contribution is -2.12. The number of nitrogens with one attached hydrogen (secondary N) is 1. The summed E-state index contributed by atoms with van der Waals surface area (Å²) in [5.74, 6) is -0.227. The maximum Gasteiger partial charge on any atom is 0.322 e.